The molecule has 0 spiro atoms. The van der Waals surface area contributed by atoms with Crippen molar-refractivity contribution >= 4 is 17.5 Å². The largest absolute Gasteiger partial charge is 0.416 e. The molecule has 0 aliphatic rings. The van der Waals surface area contributed by atoms with Crippen LogP contribution in [0, 0.1) is 0 Å². The number of hydrogen-bond acceptors (Lipinski definition) is 2. The Hall–Kier alpha value is -2.83. The van der Waals surface area contributed by atoms with E-state index in [9.17, 15) is 22.8 Å². The van der Waals surface area contributed by atoms with E-state index in [-0.39, 0.29) is 12.2 Å². The van der Waals surface area contributed by atoms with Gasteiger partial charge >= 0.3 is 18.0 Å². The summed E-state index contributed by atoms with van der Waals surface area (Å²) in [6.45, 7) is 2.17. The summed E-state index contributed by atoms with van der Waals surface area (Å²) in [4.78, 5) is 23.6. The van der Waals surface area contributed by atoms with Crippen molar-refractivity contribution in [2.45, 2.75) is 26.1 Å². The minimum Gasteiger partial charge on any atom is -0.344 e. The summed E-state index contributed by atoms with van der Waals surface area (Å²) in [5, 5.41) is 4.59. The van der Waals surface area contributed by atoms with Gasteiger partial charge in [0.15, 0.2) is 0 Å². The molecule has 2 N–H and O–H groups in total. The highest BCUT2D eigenvalue weighted by Gasteiger charge is 2.30. The lowest BCUT2D eigenvalue weighted by Gasteiger charge is -2.10. The average molecular weight is 350 g/mol. The zero-order chi connectivity index (χ0) is 18.4. The van der Waals surface area contributed by atoms with Gasteiger partial charge in [0.25, 0.3) is 0 Å². The number of amides is 2. The Morgan fingerprint density at radius 2 is 1.60 bits per heavy atom. The van der Waals surface area contributed by atoms with E-state index in [0.717, 1.165) is 35.7 Å². The fourth-order valence-electron chi connectivity index (χ4n) is 2.12. The fourth-order valence-corrected chi connectivity index (χ4v) is 2.12. The lowest BCUT2D eigenvalue weighted by atomic mass is 10.1. The van der Waals surface area contributed by atoms with E-state index in [1.165, 1.54) is 6.07 Å². The van der Waals surface area contributed by atoms with Crippen molar-refractivity contribution < 1.29 is 22.8 Å². The molecule has 25 heavy (non-hydrogen) atoms. The number of nitrogens with one attached hydrogen (secondary N) is 2. The second-order valence-electron chi connectivity index (χ2n) is 5.39. The number of aryl methyl sites for hydroxylation is 1. The molecule has 7 heteroatoms. The first kappa shape index (κ1) is 18.5. The van der Waals surface area contributed by atoms with Crippen molar-refractivity contribution in [1.29, 1.82) is 0 Å². The van der Waals surface area contributed by atoms with Gasteiger partial charge in [0.05, 0.1) is 5.56 Å². The van der Waals surface area contributed by atoms with E-state index in [0.29, 0.717) is 0 Å². The molecule has 0 radical (unpaired) electrons. The molecule has 0 saturated carbocycles. The summed E-state index contributed by atoms with van der Waals surface area (Å²) in [5.41, 5.74) is 0.971. The van der Waals surface area contributed by atoms with Gasteiger partial charge in [0.1, 0.15) is 0 Å². The van der Waals surface area contributed by atoms with Crippen LogP contribution in [-0.4, -0.2) is 11.8 Å². The van der Waals surface area contributed by atoms with Gasteiger partial charge in [-0.1, -0.05) is 37.3 Å². The van der Waals surface area contributed by atoms with Crippen LogP contribution in [0.15, 0.2) is 48.5 Å². The Kier molecular flexibility index (Phi) is 5.80. The summed E-state index contributed by atoms with van der Waals surface area (Å²) in [6.07, 6.45) is -3.63. The molecule has 0 saturated heterocycles. The van der Waals surface area contributed by atoms with Crippen LogP contribution in [-0.2, 0) is 28.7 Å². The lowest BCUT2D eigenvalue weighted by molar-refractivity contribution is -0.137. The topological polar surface area (TPSA) is 58.2 Å². The maximum absolute atomic E-state index is 12.6. The fraction of sp³-hybridized carbons (Fsp3) is 0.222. The number of alkyl halides is 3. The number of hydrogen-bond donors (Lipinski definition) is 2. The molecule has 0 aliphatic carbocycles. The summed E-state index contributed by atoms with van der Waals surface area (Å²) in [5.74, 6) is -1.94. The Balaban J connectivity index is 1.92. The van der Waals surface area contributed by atoms with Crippen molar-refractivity contribution in [1.82, 2.24) is 5.32 Å². The van der Waals surface area contributed by atoms with Gasteiger partial charge in [-0.05, 0) is 35.7 Å². The quantitative estimate of drug-likeness (QED) is 0.829. The minimum absolute atomic E-state index is 0.0951. The highest BCUT2D eigenvalue weighted by Crippen LogP contribution is 2.30. The first-order valence-electron chi connectivity index (χ1n) is 7.64. The van der Waals surface area contributed by atoms with Crippen LogP contribution in [0.4, 0.5) is 18.9 Å². The van der Waals surface area contributed by atoms with E-state index in [4.69, 9.17) is 0 Å². The van der Waals surface area contributed by atoms with Crippen LogP contribution in [0.25, 0.3) is 0 Å². The van der Waals surface area contributed by atoms with E-state index in [2.05, 4.69) is 10.6 Å². The summed E-state index contributed by atoms with van der Waals surface area (Å²) in [7, 11) is 0. The summed E-state index contributed by atoms with van der Waals surface area (Å²) < 4.78 is 37.9. The normalized spacial score (nSPS) is 11.0. The molecule has 0 heterocycles. The lowest BCUT2D eigenvalue weighted by Crippen LogP contribution is -2.35. The first-order valence-corrected chi connectivity index (χ1v) is 7.64. The minimum atomic E-state index is -4.52. The standard InChI is InChI=1S/C18H17F3N2O2/c1-2-12-6-8-13(9-7-12)11-22-16(24)17(25)23-15-5-3-4-14(10-15)18(19,20)21/h3-10H,2,11H2,1H3,(H,22,24)(H,23,25). The third-order valence-corrected chi connectivity index (χ3v) is 3.54. The molecule has 0 unspecified atom stereocenters. The Bertz CT molecular complexity index is 756. The van der Waals surface area contributed by atoms with E-state index < -0.39 is 23.6 Å². The van der Waals surface area contributed by atoms with Crippen LogP contribution in [0.1, 0.15) is 23.6 Å². The predicted octanol–water partition coefficient (Wildman–Crippen LogP) is 3.52. The number of carbonyl (C=O) groups is 2. The maximum Gasteiger partial charge on any atom is 0.416 e. The monoisotopic (exact) mass is 350 g/mol. The van der Waals surface area contributed by atoms with E-state index in [1.807, 2.05) is 31.2 Å². The van der Waals surface area contributed by atoms with Crippen molar-refractivity contribution in [3.05, 3.63) is 65.2 Å². The van der Waals surface area contributed by atoms with E-state index >= 15 is 0 Å². The van der Waals surface area contributed by atoms with Gasteiger partial charge in [-0.2, -0.15) is 13.2 Å². The molecule has 0 atom stereocenters. The number of carbonyl (C=O) groups excluding carboxylic acids is 2. The van der Waals surface area contributed by atoms with Crippen LogP contribution in [0.5, 0.6) is 0 Å². The molecule has 0 bridgehead atoms. The average Bonchev–Trinajstić information content (AvgIpc) is 2.59. The van der Waals surface area contributed by atoms with Crippen molar-refractivity contribution in [2.24, 2.45) is 0 Å². The molecule has 2 amide bonds. The van der Waals surface area contributed by atoms with Crippen LogP contribution < -0.4 is 10.6 Å². The molecule has 2 aromatic carbocycles. The van der Waals surface area contributed by atoms with Crippen molar-refractivity contribution in [3.8, 4) is 0 Å². The molecular formula is C18H17F3N2O2. The molecule has 0 aromatic heterocycles. The summed E-state index contributed by atoms with van der Waals surface area (Å²) >= 11 is 0. The second kappa shape index (κ2) is 7.83. The Morgan fingerprint density at radius 3 is 2.20 bits per heavy atom. The van der Waals surface area contributed by atoms with Gasteiger partial charge in [0, 0.05) is 12.2 Å². The highest BCUT2D eigenvalue weighted by molar-refractivity contribution is 6.39. The molecule has 0 aliphatic heterocycles. The van der Waals surface area contributed by atoms with Crippen LogP contribution in [0.3, 0.4) is 0 Å². The third kappa shape index (κ3) is 5.34. The smallest absolute Gasteiger partial charge is 0.344 e. The molecular weight excluding hydrogens is 333 g/mol. The van der Waals surface area contributed by atoms with Gasteiger partial charge in [-0.15, -0.1) is 0 Å². The Morgan fingerprint density at radius 1 is 0.960 bits per heavy atom. The summed E-state index contributed by atoms with van der Waals surface area (Å²) in [6, 6.07) is 11.6. The van der Waals surface area contributed by atoms with Crippen molar-refractivity contribution in [2.75, 3.05) is 5.32 Å². The third-order valence-electron chi connectivity index (χ3n) is 3.54. The van der Waals surface area contributed by atoms with Crippen molar-refractivity contribution in [3.63, 3.8) is 0 Å². The number of rotatable bonds is 4. The SMILES string of the molecule is CCc1ccc(CNC(=O)C(=O)Nc2cccc(C(F)(F)F)c2)cc1. The number of benzene rings is 2. The highest BCUT2D eigenvalue weighted by atomic mass is 19.4. The molecule has 132 valence electrons. The predicted molar refractivity (Wildman–Crippen MR) is 87.7 cm³/mol. The van der Waals surface area contributed by atoms with Gasteiger partial charge in [0.2, 0.25) is 0 Å². The number of halogens is 3. The van der Waals surface area contributed by atoms with Gasteiger partial charge in [-0.3, -0.25) is 9.59 Å². The molecule has 0 fully saturated rings. The van der Waals surface area contributed by atoms with Crippen LogP contribution >= 0.6 is 0 Å². The Labute approximate surface area is 143 Å². The molecule has 4 nitrogen and oxygen atoms in total. The first-order chi connectivity index (χ1) is 11.8. The zero-order valence-corrected chi connectivity index (χ0v) is 13.5. The maximum atomic E-state index is 12.6. The molecule has 2 rings (SSSR count). The van der Waals surface area contributed by atoms with E-state index in [1.54, 1.807) is 0 Å². The van der Waals surface area contributed by atoms with Gasteiger partial charge in [-0.25, -0.2) is 0 Å². The van der Waals surface area contributed by atoms with Crippen LogP contribution in [0.2, 0.25) is 0 Å². The zero-order valence-electron chi connectivity index (χ0n) is 13.5. The molecule has 2 aromatic rings. The number of anilines is 1. The second-order valence-corrected chi connectivity index (χ2v) is 5.39. The van der Waals surface area contributed by atoms with Gasteiger partial charge < -0.3 is 10.6 Å².